The van der Waals surface area contributed by atoms with Crippen molar-refractivity contribution < 1.29 is 9.53 Å². The summed E-state index contributed by atoms with van der Waals surface area (Å²) in [5.74, 6) is 0.678. The maximum absolute atomic E-state index is 11.7. The van der Waals surface area contributed by atoms with Crippen molar-refractivity contribution in [1.29, 1.82) is 0 Å². The van der Waals surface area contributed by atoms with Gasteiger partial charge in [0.1, 0.15) is 0 Å². The molecular weight excluding hydrogens is 378 g/mol. The number of esters is 1. The number of carbonyl (C=O) groups excluding carboxylic acids is 1. The molecule has 0 aliphatic rings. The van der Waals surface area contributed by atoms with Crippen LogP contribution in [-0.2, 0) is 4.74 Å². The molecule has 0 spiro atoms. The van der Waals surface area contributed by atoms with Gasteiger partial charge >= 0.3 is 5.97 Å². The molecule has 0 radical (unpaired) electrons. The van der Waals surface area contributed by atoms with Crippen LogP contribution in [0.15, 0.2) is 48.7 Å². The quantitative estimate of drug-likeness (QED) is 0.570. The van der Waals surface area contributed by atoms with Crippen LogP contribution < -0.4 is 10.6 Å². The molecule has 0 fully saturated rings. The zero-order chi connectivity index (χ0) is 20.1. The molecule has 0 unspecified atom stereocenters. The minimum Gasteiger partial charge on any atom is -0.465 e. The minimum absolute atomic E-state index is 0.246. The number of benzene rings is 2. The van der Waals surface area contributed by atoms with Crippen LogP contribution in [0.1, 0.15) is 35.7 Å². The van der Waals surface area contributed by atoms with Crippen LogP contribution in [0.4, 0.5) is 23.1 Å². The predicted octanol–water partition coefficient (Wildman–Crippen LogP) is 4.92. The lowest BCUT2D eigenvalue weighted by molar-refractivity contribution is 0.0601. The number of hydrogen-bond donors (Lipinski definition) is 2. The third kappa shape index (κ3) is 4.55. The summed E-state index contributed by atoms with van der Waals surface area (Å²) in [7, 11) is 1.32. The standard InChI is InChI=1S/C20H20ClN5O2/c1-12(2)14-6-4-5-7-16(14)23-18-11-22-26-20(25-18)24-17-10-13(19(27)28-3)8-9-15(17)21/h4-12H,1-3H3,(H2,23,24,25,26). The highest BCUT2D eigenvalue weighted by Crippen LogP contribution is 2.28. The lowest BCUT2D eigenvalue weighted by Gasteiger charge is -2.14. The van der Waals surface area contributed by atoms with Crippen molar-refractivity contribution in [3.63, 3.8) is 0 Å². The molecule has 0 amide bonds. The van der Waals surface area contributed by atoms with Gasteiger partial charge in [-0.2, -0.15) is 10.1 Å². The van der Waals surface area contributed by atoms with Crippen molar-refractivity contribution in [2.75, 3.05) is 17.7 Å². The summed E-state index contributed by atoms with van der Waals surface area (Å²) in [5, 5.41) is 14.6. The zero-order valence-electron chi connectivity index (χ0n) is 15.7. The third-order valence-corrected chi connectivity index (χ3v) is 4.37. The Morgan fingerprint density at radius 2 is 1.89 bits per heavy atom. The first kappa shape index (κ1) is 19.6. The van der Waals surface area contributed by atoms with Crippen molar-refractivity contribution in [3.05, 3.63) is 64.8 Å². The van der Waals surface area contributed by atoms with Crippen molar-refractivity contribution in [2.24, 2.45) is 0 Å². The zero-order valence-corrected chi connectivity index (χ0v) is 16.5. The Balaban J connectivity index is 1.84. The third-order valence-electron chi connectivity index (χ3n) is 4.04. The maximum atomic E-state index is 11.7. The fourth-order valence-corrected chi connectivity index (χ4v) is 2.82. The van der Waals surface area contributed by atoms with Crippen LogP contribution in [0.2, 0.25) is 5.02 Å². The first-order valence-electron chi connectivity index (χ1n) is 8.68. The Morgan fingerprint density at radius 3 is 2.64 bits per heavy atom. The first-order valence-corrected chi connectivity index (χ1v) is 9.06. The SMILES string of the molecule is COC(=O)c1ccc(Cl)c(Nc2nncc(Nc3ccccc3C(C)C)n2)c1. The molecule has 1 aromatic heterocycles. The van der Waals surface area contributed by atoms with Gasteiger partial charge in [0.05, 0.1) is 29.6 Å². The molecule has 3 rings (SSSR count). The number of nitrogens with zero attached hydrogens (tertiary/aromatic N) is 3. The summed E-state index contributed by atoms with van der Waals surface area (Å²) in [4.78, 5) is 16.2. The Hall–Kier alpha value is -3.19. The number of halogens is 1. The molecule has 144 valence electrons. The summed E-state index contributed by atoms with van der Waals surface area (Å²) in [6.45, 7) is 4.25. The van der Waals surface area contributed by atoms with Gasteiger partial charge in [-0.3, -0.25) is 0 Å². The van der Waals surface area contributed by atoms with Crippen molar-refractivity contribution in [1.82, 2.24) is 15.2 Å². The highest BCUT2D eigenvalue weighted by Gasteiger charge is 2.11. The van der Waals surface area contributed by atoms with E-state index in [4.69, 9.17) is 16.3 Å². The summed E-state index contributed by atoms with van der Waals surface area (Å²) in [6, 6.07) is 12.8. The van der Waals surface area contributed by atoms with Gasteiger partial charge in [0.25, 0.3) is 0 Å². The minimum atomic E-state index is -0.459. The molecule has 0 saturated carbocycles. The lowest BCUT2D eigenvalue weighted by Crippen LogP contribution is -2.06. The van der Waals surface area contributed by atoms with Gasteiger partial charge in [-0.15, -0.1) is 5.10 Å². The molecule has 0 atom stereocenters. The van der Waals surface area contributed by atoms with Gasteiger partial charge in [-0.25, -0.2) is 4.79 Å². The second-order valence-electron chi connectivity index (χ2n) is 6.34. The monoisotopic (exact) mass is 397 g/mol. The molecule has 2 N–H and O–H groups in total. The van der Waals surface area contributed by atoms with Gasteiger partial charge < -0.3 is 15.4 Å². The van der Waals surface area contributed by atoms with Gasteiger partial charge in [-0.1, -0.05) is 43.6 Å². The average molecular weight is 398 g/mol. The molecule has 3 aromatic rings. The van der Waals surface area contributed by atoms with E-state index in [0.29, 0.717) is 28.0 Å². The second kappa shape index (κ2) is 8.67. The maximum Gasteiger partial charge on any atom is 0.337 e. The molecule has 1 heterocycles. The number of anilines is 4. The van der Waals surface area contributed by atoms with Crippen LogP contribution in [0.25, 0.3) is 0 Å². The molecule has 28 heavy (non-hydrogen) atoms. The van der Waals surface area contributed by atoms with E-state index in [2.05, 4.69) is 45.7 Å². The van der Waals surface area contributed by atoms with E-state index < -0.39 is 5.97 Å². The molecule has 2 aromatic carbocycles. The van der Waals surface area contributed by atoms with Crippen LogP contribution in [0, 0.1) is 0 Å². The summed E-state index contributed by atoms with van der Waals surface area (Å²) >= 11 is 6.21. The molecule has 0 saturated heterocycles. The molecule has 7 nitrogen and oxygen atoms in total. The molecule has 8 heteroatoms. The van der Waals surface area contributed by atoms with E-state index in [-0.39, 0.29) is 5.95 Å². The number of hydrogen-bond acceptors (Lipinski definition) is 7. The van der Waals surface area contributed by atoms with Gasteiger partial charge in [0.15, 0.2) is 5.82 Å². The number of ether oxygens (including phenoxy) is 1. The number of nitrogens with one attached hydrogen (secondary N) is 2. The highest BCUT2D eigenvalue weighted by molar-refractivity contribution is 6.33. The van der Waals surface area contributed by atoms with Crippen LogP contribution in [0.3, 0.4) is 0 Å². The number of aromatic nitrogens is 3. The Bertz CT molecular complexity index is 994. The van der Waals surface area contributed by atoms with Gasteiger partial charge in [0, 0.05) is 5.69 Å². The molecule has 0 bridgehead atoms. The second-order valence-corrected chi connectivity index (χ2v) is 6.75. The summed E-state index contributed by atoms with van der Waals surface area (Å²) in [6.07, 6.45) is 1.54. The van der Waals surface area contributed by atoms with Crippen LogP contribution in [0.5, 0.6) is 0 Å². The Morgan fingerprint density at radius 1 is 1.11 bits per heavy atom. The number of para-hydroxylation sites is 1. The van der Waals surface area contributed by atoms with Gasteiger partial charge in [-0.05, 0) is 35.7 Å². The van der Waals surface area contributed by atoms with Gasteiger partial charge in [0.2, 0.25) is 5.95 Å². The fourth-order valence-electron chi connectivity index (χ4n) is 2.66. The van der Waals surface area contributed by atoms with E-state index >= 15 is 0 Å². The Kier molecular flexibility index (Phi) is 6.06. The van der Waals surface area contributed by atoms with E-state index in [9.17, 15) is 4.79 Å². The average Bonchev–Trinajstić information content (AvgIpc) is 2.69. The normalized spacial score (nSPS) is 10.6. The van der Waals surface area contributed by atoms with Crippen LogP contribution in [-0.4, -0.2) is 28.3 Å². The number of carbonyl (C=O) groups is 1. The fraction of sp³-hybridized carbons (Fsp3) is 0.200. The summed E-state index contributed by atoms with van der Waals surface area (Å²) in [5.41, 5.74) is 2.97. The van der Waals surface area contributed by atoms with E-state index in [1.54, 1.807) is 18.2 Å². The predicted molar refractivity (Wildman–Crippen MR) is 110 cm³/mol. The van der Waals surface area contributed by atoms with Crippen LogP contribution >= 0.6 is 11.6 Å². The molecular formula is C20H20ClN5O2. The van der Waals surface area contributed by atoms with E-state index in [1.165, 1.54) is 18.9 Å². The molecule has 0 aliphatic carbocycles. The van der Waals surface area contributed by atoms with E-state index in [0.717, 1.165) is 5.69 Å². The molecule has 0 aliphatic heterocycles. The first-order chi connectivity index (χ1) is 13.5. The topological polar surface area (TPSA) is 89.0 Å². The van der Waals surface area contributed by atoms with Crippen molar-refractivity contribution in [2.45, 2.75) is 19.8 Å². The highest BCUT2D eigenvalue weighted by atomic mass is 35.5. The smallest absolute Gasteiger partial charge is 0.337 e. The Labute approximate surface area is 168 Å². The van der Waals surface area contributed by atoms with E-state index in [1.807, 2.05) is 18.2 Å². The number of methoxy groups -OCH3 is 1. The number of rotatable bonds is 6. The van der Waals surface area contributed by atoms with Crippen molar-refractivity contribution in [3.8, 4) is 0 Å². The van der Waals surface area contributed by atoms with Crippen molar-refractivity contribution >= 4 is 40.7 Å². The summed E-state index contributed by atoms with van der Waals surface area (Å²) < 4.78 is 4.73. The lowest BCUT2D eigenvalue weighted by atomic mass is 10.0. The largest absolute Gasteiger partial charge is 0.465 e.